The van der Waals surface area contributed by atoms with Crippen molar-refractivity contribution >= 4 is 5.91 Å². The van der Waals surface area contributed by atoms with Crippen molar-refractivity contribution in [2.75, 3.05) is 13.1 Å². The Hall–Kier alpha value is -1.43. The van der Waals surface area contributed by atoms with Crippen molar-refractivity contribution in [1.82, 2.24) is 25.6 Å². The van der Waals surface area contributed by atoms with E-state index in [9.17, 15) is 4.79 Å². The smallest absolute Gasteiger partial charge is 0.223 e. The van der Waals surface area contributed by atoms with Crippen LogP contribution in [0.4, 0.5) is 0 Å². The van der Waals surface area contributed by atoms with E-state index in [0.717, 1.165) is 25.1 Å². The summed E-state index contributed by atoms with van der Waals surface area (Å²) in [5.74, 6) is 0.479. The number of amides is 1. The normalized spacial score (nSPS) is 15.5. The number of carbonyl (C=O) groups is 1. The number of nitrogens with zero attached hydrogens (tertiary/aromatic N) is 3. The largest absolute Gasteiger partial charge is 0.355 e. The molecule has 1 heterocycles. The predicted octanol–water partition coefficient (Wildman–Crippen LogP) is 0.649. The molecule has 0 radical (unpaired) electrons. The van der Waals surface area contributed by atoms with Gasteiger partial charge in [0.25, 0.3) is 0 Å². The molecule has 2 rings (SSSR count). The number of aromatic nitrogens is 3. The average Bonchev–Trinajstić information content (AvgIpc) is 3.06. The highest BCUT2D eigenvalue weighted by atomic mass is 16.2. The molecule has 0 aromatic carbocycles. The molecule has 0 aliphatic heterocycles. The van der Waals surface area contributed by atoms with E-state index in [-0.39, 0.29) is 17.4 Å². The molecule has 6 nitrogen and oxygen atoms in total. The number of hydrogen-bond acceptors (Lipinski definition) is 4. The molecule has 6 heteroatoms. The lowest BCUT2D eigenvalue weighted by atomic mass is 10.1. The average molecular weight is 265 g/mol. The van der Waals surface area contributed by atoms with E-state index in [2.05, 4.69) is 41.7 Å². The topological polar surface area (TPSA) is 71.8 Å². The summed E-state index contributed by atoms with van der Waals surface area (Å²) >= 11 is 0. The van der Waals surface area contributed by atoms with Crippen LogP contribution in [-0.2, 0) is 16.9 Å². The summed E-state index contributed by atoms with van der Waals surface area (Å²) in [5, 5.41) is 14.4. The zero-order chi connectivity index (χ0) is 13.9. The highest BCUT2D eigenvalue weighted by Crippen LogP contribution is 2.28. The number of nitrogens with one attached hydrogen (secondary N) is 2. The summed E-state index contributed by atoms with van der Waals surface area (Å²) < 4.78 is 1.86. The van der Waals surface area contributed by atoms with Gasteiger partial charge in [-0.25, -0.2) is 4.68 Å². The number of hydrogen-bond donors (Lipinski definition) is 2. The van der Waals surface area contributed by atoms with E-state index in [1.165, 1.54) is 0 Å². The van der Waals surface area contributed by atoms with E-state index in [1.807, 2.05) is 10.9 Å². The van der Waals surface area contributed by atoms with Crippen molar-refractivity contribution < 1.29 is 4.79 Å². The molecule has 1 amide bonds. The van der Waals surface area contributed by atoms with Gasteiger partial charge in [0.2, 0.25) is 5.91 Å². The van der Waals surface area contributed by atoms with Crippen LogP contribution in [0, 0.1) is 5.92 Å². The Labute approximate surface area is 113 Å². The maximum atomic E-state index is 11.4. The fraction of sp³-hybridized carbons (Fsp3) is 0.769. The van der Waals surface area contributed by atoms with Crippen molar-refractivity contribution in [3.63, 3.8) is 0 Å². The molecule has 106 valence electrons. The molecule has 0 spiro atoms. The molecule has 1 fully saturated rings. The number of rotatable bonds is 6. The van der Waals surface area contributed by atoms with Crippen LogP contribution < -0.4 is 10.6 Å². The Kier molecular flexibility index (Phi) is 4.19. The zero-order valence-electron chi connectivity index (χ0n) is 11.9. The first-order chi connectivity index (χ1) is 8.97. The van der Waals surface area contributed by atoms with E-state index < -0.39 is 0 Å². The zero-order valence-corrected chi connectivity index (χ0v) is 11.9. The minimum absolute atomic E-state index is 0.0382. The first-order valence-electron chi connectivity index (χ1n) is 6.87. The van der Waals surface area contributed by atoms with Crippen molar-refractivity contribution in [2.24, 2.45) is 5.92 Å². The third-order valence-electron chi connectivity index (χ3n) is 3.08. The molecule has 2 N–H and O–H groups in total. The van der Waals surface area contributed by atoms with E-state index in [0.29, 0.717) is 13.1 Å². The summed E-state index contributed by atoms with van der Waals surface area (Å²) in [5.41, 5.74) is 0.882. The molecule has 1 aromatic heterocycles. The molecule has 0 bridgehead atoms. The summed E-state index contributed by atoms with van der Waals surface area (Å²) in [6.45, 7) is 8.36. The Balaban J connectivity index is 1.62. The second-order valence-electron chi connectivity index (χ2n) is 6.07. The SMILES string of the molecule is CC(C)(C)n1cc(CNCCNC(=O)C2CC2)nn1. The quantitative estimate of drug-likeness (QED) is 0.741. The fourth-order valence-electron chi connectivity index (χ4n) is 1.69. The van der Waals surface area contributed by atoms with Crippen LogP contribution in [0.1, 0.15) is 39.3 Å². The first-order valence-corrected chi connectivity index (χ1v) is 6.87. The van der Waals surface area contributed by atoms with E-state index in [1.54, 1.807) is 0 Å². The lowest BCUT2D eigenvalue weighted by Gasteiger charge is -2.17. The van der Waals surface area contributed by atoms with Crippen LogP contribution in [0.5, 0.6) is 0 Å². The minimum Gasteiger partial charge on any atom is -0.355 e. The van der Waals surface area contributed by atoms with Crippen LogP contribution in [0.15, 0.2) is 6.20 Å². The molecule has 1 aliphatic carbocycles. The second kappa shape index (κ2) is 5.69. The van der Waals surface area contributed by atoms with E-state index >= 15 is 0 Å². The molecule has 1 saturated carbocycles. The van der Waals surface area contributed by atoms with Crippen LogP contribution >= 0.6 is 0 Å². The lowest BCUT2D eigenvalue weighted by Crippen LogP contribution is -2.32. The van der Waals surface area contributed by atoms with Gasteiger partial charge >= 0.3 is 0 Å². The Morgan fingerprint density at radius 2 is 2.16 bits per heavy atom. The van der Waals surface area contributed by atoms with Gasteiger partial charge in [-0.15, -0.1) is 5.10 Å². The summed E-state index contributed by atoms with van der Waals surface area (Å²) in [6.07, 6.45) is 4.06. The molecule has 1 aliphatic rings. The van der Waals surface area contributed by atoms with Gasteiger partial charge in [0, 0.05) is 25.6 Å². The molecule has 19 heavy (non-hydrogen) atoms. The Bertz CT molecular complexity index is 430. The van der Waals surface area contributed by atoms with Crippen LogP contribution in [0.3, 0.4) is 0 Å². The first kappa shape index (κ1) is 14.0. The number of carbonyl (C=O) groups excluding carboxylic acids is 1. The molecule has 0 saturated heterocycles. The van der Waals surface area contributed by atoms with Crippen molar-refractivity contribution in [3.05, 3.63) is 11.9 Å². The molecule has 0 unspecified atom stereocenters. The van der Waals surface area contributed by atoms with Gasteiger partial charge in [0.05, 0.1) is 17.4 Å². The maximum Gasteiger partial charge on any atom is 0.223 e. The van der Waals surface area contributed by atoms with Gasteiger partial charge in [-0.1, -0.05) is 5.21 Å². The standard InChI is InChI=1S/C13H23N5O/c1-13(2,3)18-9-11(16-17-18)8-14-6-7-15-12(19)10-4-5-10/h9-10,14H,4-8H2,1-3H3,(H,15,19). The highest BCUT2D eigenvalue weighted by Gasteiger charge is 2.28. The summed E-state index contributed by atoms with van der Waals surface area (Å²) in [6, 6.07) is 0. The third-order valence-corrected chi connectivity index (χ3v) is 3.08. The van der Waals surface area contributed by atoms with Gasteiger partial charge in [-0.05, 0) is 33.6 Å². The van der Waals surface area contributed by atoms with Crippen molar-refractivity contribution in [3.8, 4) is 0 Å². The molecule has 1 aromatic rings. The summed E-state index contributed by atoms with van der Waals surface area (Å²) in [7, 11) is 0. The highest BCUT2D eigenvalue weighted by molar-refractivity contribution is 5.80. The third kappa shape index (κ3) is 4.31. The minimum atomic E-state index is -0.0382. The fourth-order valence-corrected chi connectivity index (χ4v) is 1.69. The molecular weight excluding hydrogens is 242 g/mol. The van der Waals surface area contributed by atoms with Crippen molar-refractivity contribution in [1.29, 1.82) is 0 Å². The van der Waals surface area contributed by atoms with Gasteiger partial charge < -0.3 is 10.6 Å². The Morgan fingerprint density at radius 3 is 2.74 bits per heavy atom. The molecule has 0 atom stereocenters. The van der Waals surface area contributed by atoms with E-state index in [4.69, 9.17) is 0 Å². The van der Waals surface area contributed by atoms with Gasteiger partial charge in [0.15, 0.2) is 0 Å². The van der Waals surface area contributed by atoms with Crippen LogP contribution in [0.25, 0.3) is 0 Å². The van der Waals surface area contributed by atoms with Crippen LogP contribution in [0.2, 0.25) is 0 Å². The lowest BCUT2D eigenvalue weighted by molar-refractivity contribution is -0.122. The van der Waals surface area contributed by atoms with Crippen LogP contribution in [-0.4, -0.2) is 34.0 Å². The molecular formula is C13H23N5O. The summed E-state index contributed by atoms with van der Waals surface area (Å²) in [4.78, 5) is 11.4. The van der Waals surface area contributed by atoms with Crippen molar-refractivity contribution in [2.45, 2.75) is 45.7 Å². The second-order valence-corrected chi connectivity index (χ2v) is 6.07. The van der Waals surface area contributed by atoms with Gasteiger partial charge in [-0.2, -0.15) is 0 Å². The van der Waals surface area contributed by atoms with Gasteiger partial charge in [0.1, 0.15) is 0 Å². The predicted molar refractivity (Wildman–Crippen MR) is 72.5 cm³/mol. The van der Waals surface area contributed by atoms with Gasteiger partial charge in [-0.3, -0.25) is 4.79 Å². The maximum absolute atomic E-state index is 11.4. The monoisotopic (exact) mass is 265 g/mol. The Morgan fingerprint density at radius 1 is 1.42 bits per heavy atom.